The number of hydrogen-bond acceptors (Lipinski definition) is 4. The van der Waals surface area contributed by atoms with E-state index in [1.807, 2.05) is 72.8 Å². The van der Waals surface area contributed by atoms with Crippen LogP contribution in [0.25, 0.3) is 101 Å². The minimum atomic E-state index is 0.633. The minimum Gasteiger partial charge on any atom is -0.248 e. The lowest BCUT2D eigenvalue weighted by Gasteiger charge is -2.13. The van der Waals surface area contributed by atoms with Crippen molar-refractivity contribution in [3.63, 3.8) is 0 Å². The molecule has 60 heavy (non-hydrogen) atoms. The van der Waals surface area contributed by atoms with E-state index in [4.69, 9.17) is 19.9 Å². The van der Waals surface area contributed by atoms with Crippen molar-refractivity contribution in [3.05, 3.63) is 231 Å². The molecule has 0 fully saturated rings. The van der Waals surface area contributed by atoms with Gasteiger partial charge in [0.05, 0.1) is 11.4 Å². The van der Waals surface area contributed by atoms with Gasteiger partial charge in [0.2, 0.25) is 0 Å². The fourth-order valence-corrected chi connectivity index (χ4v) is 7.57. The predicted molar refractivity (Wildman–Crippen MR) is 247 cm³/mol. The quantitative estimate of drug-likeness (QED) is 0.147. The summed E-state index contributed by atoms with van der Waals surface area (Å²) in [5.74, 6) is 1.92. The van der Waals surface area contributed by atoms with E-state index in [1.54, 1.807) is 0 Å². The summed E-state index contributed by atoms with van der Waals surface area (Å²) in [6.07, 6.45) is 0. The van der Waals surface area contributed by atoms with E-state index < -0.39 is 0 Å². The monoisotopic (exact) mass is 766 g/mol. The van der Waals surface area contributed by atoms with E-state index >= 15 is 0 Å². The predicted octanol–water partition coefficient (Wildman–Crippen LogP) is 14.3. The highest BCUT2D eigenvalue weighted by molar-refractivity contribution is 5.83. The molecule has 0 aliphatic carbocycles. The molecular weight excluding hydrogens is 729 g/mol. The third kappa shape index (κ3) is 7.78. The molecule has 0 unspecified atom stereocenters. The highest BCUT2D eigenvalue weighted by atomic mass is 15.0. The Kier molecular flexibility index (Phi) is 9.92. The van der Waals surface area contributed by atoms with Crippen LogP contribution >= 0.6 is 0 Å². The van der Waals surface area contributed by atoms with Gasteiger partial charge in [-0.1, -0.05) is 200 Å². The summed E-state index contributed by atoms with van der Waals surface area (Å²) in [6, 6.07) is 80.2. The van der Waals surface area contributed by atoms with Crippen LogP contribution in [-0.4, -0.2) is 19.9 Å². The van der Waals surface area contributed by atoms with Gasteiger partial charge in [0.25, 0.3) is 0 Å². The second kappa shape index (κ2) is 16.4. The molecule has 4 heteroatoms. The number of benzene rings is 8. The standard InChI is InChI=1S/C56H38N4/c1-6-16-39(17-7-1)48-34-49(40-26-28-42(29-27-40)51-37-52(43-18-8-2-9-19-43)57-53(38-51)44-20-10-3-11-21-44)36-50(35-48)41-30-32-47(33-31-41)56-59-54(45-22-12-4-13-23-45)58-55(60-56)46-24-14-5-15-25-46/h1-38H. The molecule has 0 aliphatic rings. The average Bonchev–Trinajstić information content (AvgIpc) is 3.35. The zero-order valence-electron chi connectivity index (χ0n) is 32.7. The van der Waals surface area contributed by atoms with Crippen LogP contribution in [0.5, 0.6) is 0 Å². The van der Waals surface area contributed by atoms with Crippen molar-refractivity contribution in [2.45, 2.75) is 0 Å². The zero-order valence-corrected chi connectivity index (χ0v) is 32.7. The maximum absolute atomic E-state index is 5.09. The van der Waals surface area contributed by atoms with Gasteiger partial charge in [-0.15, -0.1) is 0 Å². The fraction of sp³-hybridized carbons (Fsp3) is 0. The van der Waals surface area contributed by atoms with Crippen molar-refractivity contribution >= 4 is 0 Å². The van der Waals surface area contributed by atoms with Crippen LogP contribution in [0.4, 0.5) is 0 Å². The van der Waals surface area contributed by atoms with Gasteiger partial charge in [0.15, 0.2) is 17.5 Å². The number of pyridine rings is 1. The van der Waals surface area contributed by atoms with Gasteiger partial charge < -0.3 is 0 Å². The molecule has 0 amide bonds. The Morgan fingerprint density at radius 1 is 0.167 bits per heavy atom. The summed E-state index contributed by atoms with van der Waals surface area (Å²) < 4.78 is 0. The molecule has 0 bridgehead atoms. The van der Waals surface area contributed by atoms with Gasteiger partial charge in [-0.2, -0.15) is 0 Å². The van der Waals surface area contributed by atoms with Crippen molar-refractivity contribution in [2.75, 3.05) is 0 Å². The maximum atomic E-state index is 5.09. The smallest absolute Gasteiger partial charge is 0.164 e. The molecule has 0 aliphatic heterocycles. The van der Waals surface area contributed by atoms with E-state index in [2.05, 4.69) is 158 Å². The molecule has 2 aromatic heterocycles. The van der Waals surface area contributed by atoms with Gasteiger partial charge in [-0.25, -0.2) is 19.9 Å². The van der Waals surface area contributed by atoms with E-state index in [-0.39, 0.29) is 0 Å². The molecule has 0 radical (unpaired) electrons. The summed E-state index contributed by atoms with van der Waals surface area (Å²) in [7, 11) is 0. The Morgan fingerprint density at radius 2 is 0.400 bits per heavy atom. The molecule has 2 heterocycles. The van der Waals surface area contributed by atoms with Crippen molar-refractivity contribution in [3.8, 4) is 101 Å². The first-order chi connectivity index (χ1) is 29.7. The molecule has 0 N–H and O–H groups in total. The lowest BCUT2D eigenvalue weighted by molar-refractivity contribution is 1.07. The Hall–Kier alpha value is -8.08. The molecule has 0 saturated carbocycles. The molecule has 282 valence electrons. The Bertz CT molecular complexity index is 2720. The van der Waals surface area contributed by atoms with Crippen LogP contribution in [-0.2, 0) is 0 Å². The number of nitrogens with zero attached hydrogens (tertiary/aromatic N) is 4. The van der Waals surface area contributed by atoms with E-state index in [0.29, 0.717) is 17.5 Å². The molecule has 10 rings (SSSR count). The minimum absolute atomic E-state index is 0.633. The van der Waals surface area contributed by atoms with Gasteiger partial charge in [-0.3, -0.25) is 0 Å². The molecule has 8 aromatic carbocycles. The number of aromatic nitrogens is 4. The van der Waals surface area contributed by atoms with Gasteiger partial charge >= 0.3 is 0 Å². The summed E-state index contributed by atoms with van der Waals surface area (Å²) in [5, 5.41) is 0. The second-order valence-corrected chi connectivity index (χ2v) is 14.7. The zero-order chi connectivity index (χ0) is 40.1. The lowest BCUT2D eigenvalue weighted by Crippen LogP contribution is -2.00. The molecule has 0 atom stereocenters. The first-order valence-electron chi connectivity index (χ1n) is 20.1. The second-order valence-electron chi connectivity index (χ2n) is 14.7. The lowest BCUT2D eigenvalue weighted by atomic mass is 9.92. The van der Waals surface area contributed by atoms with Crippen molar-refractivity contribution in [2.24, 2.45) is 0 Å². The summed E-state index contributed by atoms with van der Waals surface area (Å²) >= 11 is 0. The van der Waals surface area contributed by atoms with Crippen molar-refractivity contribution in [1.82, 2.24) is 19.9 Å². The van der Waals surface area contributed by atoms with Gasteiger partial charge in [-0.05, 0) is 74.8 Å². The first-order valence-corrected chi connectivity index (χ1v) is 20.1. The van der Waals surface area contributed by atoms with Gasteiger partial charge in [0.1, 0.15) is 0 Å². The van der Waals surface area contributed by atoms with Crippen LogP contribution in [0.15, 0.2) is 231 Å². The Labute approximate surface area is 350 Å². The average molecular weight is 767 g/mol. The number of rotatable bonds is 9. The largest absolute Gasteiger partial charge is 0.248 e. The summed E-state index contributed by atoms with van der Waals surface area (Å²) in [6.45, 7) is 0. The highest BCUT2D eigenvalue weighted by Gasteiger charge is 2.14. The SMILES string of the molecule is c1ccc(-c2cc(-c3ccc(-c4cc(-c5ccccc5)nc(-c5ccccc5)c4)cc3)cc(-c3ccc(-c4nc(-c5ccccc5)nc(-c5ccccc5)n4)cc3)c2)cc1. The van der Waals surface area contributed by atoms with Crippen LogP contribution in [0.3, 0.4) is 0 Å². The number of hydrogen-bond donors (Lipinski definition) is 0. The molecule has 4 nitrogen and oxygen atoms in total. The molecular formula is C56H38N4. The Balaban J connectivity index is 1.01. The maximum Gasteiger partial charge on any atom is 0.164 e. The summed E-state index contributed by atoms with van der Waals surface area (Å²) in [5.41, 5.74) is 16.0. The molecule has 0 spiro atoms. The van der Waals surface area contributed by atoms with E-state index in [9.17, 15) is 0 Å². The van der Waals surface area contributed by atoms with Crippen LogP contribution in [0.2, 0.25) is 0 Å². The third-order valence-electron chi connectivity index (χ3n) is 10.7. The van der Waals surface area contributed by atoms with E-state index in [0.717, 1.165) is 78.1 Å². The summed E-state index contributed by atoms with van der Waals surface area (Å²) in [4.78, 5) is 19.9. The topological polar surface area (TPSA) is 51.6 Å². The molecule has 0 saturated heterocycles. The van der Waals surface area contributed by atoms with Crippen LogP contribution in [0, 0.1) is 0 Å². The van der Waals surface area contributed by atoms with Crippen LogP contribution < -0.4 is 0 Å². The van der Waals surface area contributed by atoms with Crippen LogP contribution in [0.1, 0.15) is 0 Å². The third-order valence-corrected chi connectivity index (χ3v) is 10.7. The first kappa shape index (κ1) is 36.3. The van der Waals surface area contributed by atoms with Gasteiger partial charge in [0, 0.05) is 27.8 Å². The molecule has 10 aromatic rings. The Morgan fingerprint density at radius 3 is 0.733 bits per heavy atom. The highest BCUT2D eigenvalue weighted by Crippen LogP contribution is 2.36. The normalized spacial score (nSPS) is 11.0. The van der Waals surface area contributed by atoms with Crippen molar-refractivity contribution in [1.29, 1.82) is 0 Å². The fourth-order valence-electron chi connectivity index (χ4n) is 7.57. The van der Waals surface area contributed by atoms with E-state index in [1.165, 1.54) is 5.56 Å². The van der Waals surface area contributed by atoms with Crippen molar-refractivity contribution < 1.29 is 0 Å².